The van der Waals surface area contributed by atoms with Crippen LogP contribution in [0.3, 0.4) is 0 Å². The molecule has 102 valence electrons. The van der Waals surface area contributed by atoms with Crippen molar-refractivity contribution < 1.29 is 19.4 Å². The lowest BCUT2D eigenvalue weighted by Gasteiger charge is -2.52. The molecule has 2 aliphatic heterocycles. The molecule has 1 N–H and O–H groups in total. The second-order valence-electron chi connectivity index (χ2n) is 6.21. The quantitative estimate of drug-likeness (QED) is 0.807. The first-order valence-electron chi connectivity index (χ1n) is 6.97. The molecule has 0 aromatic carbocycles. The van der Waals surface area contributed by atoms with Crippen molar-refractivity contribution in [1.82, 2.24) is 0 Å². The number of fused-ring (bicyclic) bond motifs is 4. The predicted molar refractivity (Wildman–Crippen MR) is 65.2 cm³/mol. The zero-order valence-corrected chi connectivity index (χ0v) is 11.3. The van der Waals surface area contributed by atoms with Gasteiger partial charge in [-0.1, -0.05) is 13.8 Å². The van der Waals surface area contributed by atoms with Gasteiger partial charge >= 0.3 is 0 Å². The monoisotopic (exact) mass is 254 g/mol. The average molecular weight is 254 g/mol. The Balaban J connectivity index is 2.06. The molecule has 2 heterocycles. The molecule has 0 aromatic heterocycles. The summed E-state index contributed by atoms with van der Waals surface area (Å²) in [5, 5.41) is 11.1. The maximum absolute atomic E-state index is 12.2. The molecule has 1 saturated carbocycles. The second kappa shape index (κ2) is 3.78. The minimum Gasteiger partial charge on any atom is -0.388 e. The van der Waals surface area contributed by atoms with Crippen LogP contribution in [-0.2, 0) is 14.3 Å². The van der Waals surface area contributed by atoms with E-state index in [1.165, 1.54) is 0 Å². The van der Waals surface area contributed by atoms with E-state index >= 15 is 0 Å². The molecule has 3 aliphatic rings. The number of aliphatic hydroxyl groups is 1. The molecule has 3 fully saturated rings. The van der Waals surface area contributed by atoms with Crippen LogP contribution in [0.5, 0.6) is 0 Å². The SMILES string of the molecule is CCO[C@H]1C(=O)C[C@]2(O)[C@@H](C)[C@H]3CC[C@H](O3)[C@]12C. The maximum atomic E-state index is 12.2. The number of hydrogen-bond donors (Lipinski definition) is 1. The molecule has 0 spiro atoms. The molecule has 0 amide bonds. The Bertz CT molecular complexity index is 382. The summed E-state index contributed by atoms with van der Waals surface area (Å²) < 4.78 is 11.7. The van der Waals surface area contributed by atoms with Crippen LogP contribution in [0.2, 0.25) is 0 Å². The summed E-state index contributed by atoms with van der Waals surface area (Å²) in [5.41, 5.74) is -1.56. The van der Waals surface area contributed by atoms with Crippen molar-refractivity contribution in [2.75, 3.05) is 6.61 Å². The number of carbonyl (C=O) groups is 1. The van der Waals surface area contributed by atoms with Crippen molar-refractivity contribution in [1.29, 1.82) is 0 Å². The maximum Gasteiger partial charge on any atom is 0.165 e. The lowest BCUT2D eigenvalue weighted by atomic mass is 9.64. The Morgan fingerprint density at radius 1 is 1.50 bits per heavy atom. The summed E-state index contributed by atoms with van der Waals surface area (Å²) in [7, 11) is 0. The Morgan fingerprint density at radius 3 is 2.89 bits per heavy atom. The van der Waals surface area contributed by atoms with Gasteiger partial charge in [-0.05, 0) is 19.8 Å². The third-order valence-corrected chi connectivity index (χ3v) is 5.58. The molecule has 4 nitrogen and oxygen atoms in total. The van der Waals surface area contributed by atoms with Gasteiger partial charge in [-0.2, -0.15) is 0 Å². The number of carbonyl (C=O) groups excluding carboxylic acids is 1. The van der Waals surface area contributed by atoms with Gasteiger partial charge in [0.2, 0.25) is 0 Å². The fourth-order valence-corrected chi connectivity index (χ4v) is 4.42. The smallest absolute Gasteiger partial charge is 0.165 e. The van der Waals surface area contributed by atoms with Crippen molar-refractivity contribution in [3.63, 3.8) is 0 Å². The highest BCUT2D eigenvalue weighted by Crippen LogP contribution is 2.60. The Kier molecular flexibility index (Phi) is 2.64. The van der Waals surface area contributed by atoms with Gasteiger partial charge in [0.05, 0.1) is 23.2 Å². The van der Waals surface area contributed by atoms with Crippen LogP contribution >= 0.6 is 0 Å². The molecule has 2 saturated heterocycles. The first-order chi connectivity index (χ1) is 8.45. The van der Waals surface area contributed by atoms with E-state index in [0.29, 0.717) is 6.61 Å². The topological polar surface area (TPSA) is 55.8 Å². The van der Waals surface area contributed by atoms with Crippen molar-refractivity contribution in [2.24, 2.45) is 11.3 Å². The number of ketones is 1. The fraction of sp³-hybridized carbons (Fsp3) is 0.929. The summed E-state index contributed by atoms with van der Waals surface area (Å²) in [5.74, 6) is 0.0282. The van der Waals surface area contributed by atoms with Crippen LogP contribution in [0.25, 0.3) is 0 Å². The summed E-state index contributed by atoms with van der Waals surface area (Å²) >= 11 is 0. The highest BCUT2D eigenvalue weighted by atomic mass is 16.5. The average Bonchev–Trinajstić information content (AvgIpc) is 2.86. The largest absolute Gasteiger partial charge is 0.388 e. The Hall–Kier alpha value is -0.450. The van der Waals surface area contributed by atoms with Crippen molar-refractivity contribution in [3.05, 3.63) is 0 Å². The van der Waals surface area contributed by atoms with Crippen LogP contribution in [-0.4, -0.2) is 41.4 Å². The van der Waals surface area contributed by atoms with Gasteiger partial charge in [0, 0.05) is 18.9 Å². The van der Waals surface area contributed by atoms with Crippen LogP contribution in [0.4, 0.5) is 0 Å². The van der Waals surface area contributed by atoms with Crippen molar-refractivity contribution in [2.45, 2.75) is 63.9 Å². The van der Waals surface area contributed by atoms with E-state index in [9.17, 15) is 9.90 Å². The molecule has 2 bridgehead atoms. The highest BCUT2D eigenvalue weighted by molar-refractivity contribution is 5.88. The molecule has 1 aliphatic carbocycles. The van der Waals surface area contributed by atoms with E-state index in [0.717, 1.165) is 12.8 Å². The van der Waals surface area contributed by atoms with Gasteiger partial charge in [0.1, 0.15) is 6.10 Å². The number of rotatable bonds is 2. The van der Waals surface area contributed by atoms with E-state index in [2.05, 4.69) is 0 Å². The van der Waals surface area contributed by atoms with E-state index in [1.807, 2.05) is 20.8 Å². The molecule has 6 atom stereocenters. The molecular formula is C14H22O4. The molecule has 0 unspecified atom stereocenters. The van der Waals surface area contributed by atoms with Gasteiger partial charge in [0.15, 0.2) is 5.78 Å². The van der Waals surface area contributed by atoms with Crippen LogP contribution < -0.4 is 0 Å². The summed E-state index contributed by atoms with van der Waals surface area (Å²) in [4.78, 5) is 12.2. The van der Waals surface area contributed by atoms with Gasteiger partial charge in [-0.25, -0.2) is 0 Å². The lowest BCUT2D eigenvalue weighted by molar-refractivity contribution is -0.247. The minimum absolute atomic E-state index is 0.00402. The van der Waals surface area contributed by atoms with Gasteiger partial charge < -0.3 is 14.6 Å². The first-order valence-corrected chi connectivity index (χ1v) is 6.97. The third kappa shape index (κ3) is 1.24. The summed E-state index contributed by atoms with van der Waals surface area (Å²) in [6.07, 6.45) is 1.65. The Labute approximate surface area is 108 Å². The lowest BCUT2D eigenvalue weighted by Crippen LogP contribution is -2.63. The Morgan fingerprint density at radius 2 is 2.22 bits per heavy atom. The highest BCUT2D eigenvalue weighted by Gasteiger charge is 2.72. The summed E-state index contributed by atoms with van der Waals surface area (Å²) in [6.45, 7) is 6.36. The number of ether oxygens (including phenoxy) is 2. The van der Waals surface area contributed by atoms with E-state index in [1.54, 1.807) is 0 Å². The van der Waals surface area contributed by atoms with E-state index in [4.69, 9.17) is 9.47 Å². The standard InChI is InChI=1S/C14H22O4/c1-4-17-12-9(15)7-14(16)8(2)10-5-6-11(18-10)13(12,14)3/h8,10-12,16H,4-7H2,1-3H3/t8-,10+,11-,12-,13+,14-/m0/s1. The van der Waals surface area contributed by atoms with Crippen molar-refractivity contribution in [3.8, 4) is 0 Å². The van der Waals surface area contributed by atoms with E-state index < -0.39 is 17.1 Å². The zero-order chi connectivity index (χ0) is 13.1. The van der Waals surface area contributed by atoms with Gasteiger partial charge in [0.25, 0.3) is 0 Å². The summed E-state index contributed by atoms with van der Waals surface area (Å²) in [6, 6.07) is 0. The molecule has 3 rings (SSSR count). The number of Topliss-reactive ketones (excluding diaryl/α,β-unsaturated/α-hetero) is 1. The second-order valence-corrected chi connectivity index (χ2v) is 6.21. The fourth-order valence-electron chi connectivity index (χ4n) is 4.42. The van der Waals surface area contributed by atoms with Gasteiger partial charge in [-0.3, -0.25) is 4.79 Å². The number of hydrogen-bond acceptors (Lipinski definition) is 4. The van der Waals surface area contributed by atoms with E-state index in [-0.39, 0.29) is 30.3 Å². The molecule has 0 radical (unpaired) electrons. The predicted octanol–water partition coefficient (Wildman–Crippen LogP) is 1.30. The normalized spacial score (nSPS) is 54.8. The van der Waals surface area contributed by atoms with Crippen LogP contribution in [0.15, 0.2) is 0 Å². The van der Waals surface area contributed by atoms with Crippen LogP contribution in [0, 0.1) is 11.3 Å². The molecule has 18 heavy (non-hydrogen) atoms. The molecular weight excluding hydrogens is 232 g/mol. The molecule has 4 heteroatoms. The first kappa shape index (κ1) is 12.6. The van der Waals surface area contributed by atoms with Crippen LogP contribution in [0.1, 0.15) is 40.0 Å². The zero-order valence-electron chi connectivity index (χ0n) is 11.3. The molecule has 0 aromatic rings. The van der Waals surface area contributed by atoms with Crippen molar-refractivity contribution >= 4 is 5.78 Å². The van der Waals surface area contributed by atoms with Gasteiger partial charge in [-0.15, -0.1) is 0 Å². The third-order valence-electron chi connectivity index (χ3n) is 5.58. The minimum atomic E-state index is -0.964.